The Hall–Kier alpha value is -3.04. The number of aryl methyl sites for hydroxylation is 1. The van der Waals surface area contributed by atoms with Crippen LogP contribution in [0.1, 0.15) is 55.4 Å². The van der Waals surface area contributed by atoms with E-state index in [1.807, 2.05) is 6.92 Å². The van der Waals surface area contributed by atoms with Crippen LogP contribution in [0.3, 0.4) is 0 Å². The lowest BCUT2D eigenvalue weighted by atomic mass is 9.87. The molecule has 0 saturated carbocycles. The van der Waals surface area contributed by atoms with Gasteiger partial charge in [-0.1, -0.05) is 6.92 Å². The van der Waals surface area contributed by atoms with Gasteiger partial charge in [-0.3, -0.25) is 4.79 Å². The molecular formula is C23H22ClFN6O2. The SMILES string of the molecule is [2H]C([2H])([2H])N1CCc2nc(Cl)nc(Oc3ncc4c(c3F)-c3[nH]c5c(c3CC4)C(=O)NC[C@H]5C)c2C1. The zero-order chi connectivity index (χ0) is 25.4. The Balaban J connectivity index is 1.42. The molecule has 1 atom stereocenters. The number of halogens is 2. The number of aromatic amines is 1. The van der Waals surface area contributed by atoms with E-state index >= 15 is 4.39 Å². The van der Waals surface area contributed by atoms with Crippen molar-refractivity contribution >= 4 is 17.5 Å². The van der Waals surface area contributed by atoms with Crippen LogP contribution in [0, 0.1) is 5.82 Å². The van der Waals surface area contributed by atoms with Crippen molar-refractivity contribution in [2.75, 3.05) is 20.1 Å². The Morgan fingerprint density at radius 3 is 2.97 bits per heavy atom. The van der Waals surface area contributed by atoms with Crippen LogP contribution in [0.4, 0.5) is 4.39 Å². The Labute approximate surface area is 198 Å². The van der Waals surface area contributed by atoms with Crippen LogP contribution in [0.5, 0.6) is 11.8 Å². The minimum Gasteiger partial charge on any atom is -0.417 e. The molecule has 33 heavy (non-hydrogen) atoms. The van der Waals surface area contributed by atoms with Crippen LogP contribution < -0.4 is 10.1 Å². The molecule has 0 bridgehead atoms. The molecule has 5 heterocycles. The Bertz CT molecular complexity index is 1430. The Morgan fingerprint density at radius 1 is 1.24 bits per heavy atom. The van der Waals surface area contributed by atoms with Gasteiger partial charge in [0.25, 0.3) is 11.8 Å². The summed E-state index contributed by atoms with van der Waals surface area (Å²) in [6.07, 6.45) is 3.02. The number of carbonyl (C=O) groups excluding carboxylic acids is 1. The molecular weight excluding hydrogens is 447 g/mol. The lowest BCUT2D eigenvalue weighted by molar-refractivity contribution is 0.0940. The van der Waals surface area contributed by atoms with Crippen molar-refractivity contribution in [1.82, 2.24) is 30.2 Å². The van der Waals surface area contributed by atoms with Crippen LogP contribution in [0.2, 0.25) is 5.28 Å². The number of hydrogen-bond acceptors (Lipinski definition) is 6. The van der Waals surface area contributed by atoms with Crippen LogP contribution in [-0.4, -0.2) is 50.8 Å². The summed E-state index contributed by atoms with van der Waals surface area (Å²) in [6.45, 7) is 0.483. The summed E-state index contributed by atoms with van der Waals surface area (Å²) in [7, 11) is 0. The molecule has 2 N–H and O–H groups in total. The first-order chi connectivity index (χ1) is 17.1. The van der Waals surface area contributed by atoms with Gasteiger partial charge in [0.2, 0.25) is 11.2 Å². The predicted octanol–water partition coefficient (Wildman–Crippen LogP) is 3.38. The standard InChI is InChI=1S/C23H22ClFN6O2/c1-10-7-26-20(32)16-12-4-3-11-8-27-22(17(25)15(11)19(12)29-18(10)16)33-21-13-9-31(2)6-5-14(13)28-23(24)30-21/h8,10,29H,3-7,9H2,1-2H3,(H,26,32)/t10-/m1/s1/i2D3. The largest absolute Gasteiger partial charge is 0.417 e. The predicted molar refractivity (Wildman–Crippen MR) is 119 cm³/mol. The summed E-state index contributed by atoms with van der Waals surface area (Å²) in [4.78, 5) is 29.7. The fraction of sp³-hybridized carbons (Fsp3) is 0.391. The molecule has 3 aromatic heterocycles. The van der Waals surface area contributed by atoms with Crippen molar-refractivity contribution in [3.63, 3.8) is 0 Å². The minimum absolute atomic E-state index is 0.00535. The zero-order valence-electron chi connectivity index (χ0n) is 20.8. The van der Waals surface area contributed by atoms with Crippen LogP contribution in [0.15, 0.2) is 6.20 Å². The average Bonchev–Trinajstić information content (AvgIpc) is 3.23. The number of aromatic nitrogens is 4. The average molecular weight is 472 g/mol. The number of nitrogens with zero attached hydrogens (tertiary/aromatic N) is 4. The van der Waals surface area contributed by atoms with Crippen LogP contribution in [0.25, 0.3) is 11.3 Å². The molecule has 0 unspecified atom stereocenters. The van der Waals surface area contributed by atoms with E-state index in [9.17, 15) is 4.79 Å². The number of nitrogens with one attached hydrogen (secondary N) is 2. The summed E-state index contributed by atoms with van der Waals surface area (Å²) >= 11 is 6.10. The zero-order valence-corrected chi connectivity index (χ0v) is 18.5. The molecule has 0 fully saturated rings. The molecule has 10 heteroatoms. The highest BCUT2D eigenvalue weighted by molar-refractivity contribution is 6.28. The second kappa shape index (κ2) is 7.50. The monoisotopic (exact) mass is 471 g/mol. The lowest BCUT2D eigenvalue weighted by Crippen LogP contribution is -2.34. The van der Waals surface area contributed by atoms with Gasteiger partial charge in [0, 0.05) is 53.5 Å². The minimum atomic E-state index is -2.31. The Morgan fingerprint density at radius 2 is 2.12 bits per heavy atom. The second-order valence-electron chi connectivity index (χ2n) is 8.65. The highest BCUT2D eigenvalue weighted by atomic mass is 35.5. The summed E-state index contributed by atoms with van der Waals surface area (Å²) in [5.74, 6) is -1.11. The van der Waals surface area contributed by atoms with Crippen molar-refractivity contribution in [3.05, 3.63) is 50.9 Å². The van der Waals surface area contributed by atoms with E-state index in [4.69, 9.17) is 20.5 Å². The van der Waals surface area contributed by atoms with Gasteiger partial charge in [0.05, 0.1) is 22.5 Å². The van der Waals surface area contributed by atoms with Gasteiger partial charge in [-0.05, 0) is 42.5 Å². The molecule has 3 aliphatic rings. The first-order valence-corrected chi connectivity index (χ1v) is 11.2. The molecule has 0 aromatic carbocycles. The van der Waals surface area contributed by atoms with Crippen molar-refractivity contribution < 1.29 is 18.0 Å². The number of fused-ring (bicyclic) bond motifs is 6. The summed E-state index contributed by atoms with van der Waals surface area (Å²) in [5, 5.41) is 2.81. The molecule has 170 valence electrons. The van der Waals surface area contributed by atoms with Gasteiger partial charge in [0.15, 0.2) is 5.82 Å². The van der Waals surface area contributed by atoms with Crippen molar-refractivity contribution in [3.8, 4) is 23.0 Å². The third-order valence-corrected chi connectivity index (χ3v) is 6.74. The van der Waals surface area contributed by atoms with Crippen molar-refractivity contribution in [1.29, 1.82) is 0 Å². The molecule has 8 nitrogen and oxygen atoms in total. The number of rotatable bonds is 2. The molecule has 0 saturated heterocycles. The summed E-state index contributed by atoms with van der Waals surface area (Å²) in [5.41, 5.74) is 4.75. The van der Waals surface area contributed by atoms with E-state index in [1.54, 1.807) is 6.20 Å². The number of H-pyrrole nitrogens is 1. The maximum Gasteiger partial charge on any atom is 0.258 e. The topological polar surface area (TPSA) is 96.0 Å². The van der Waals surface area contributed by atoms with Crippen molar-refractivity contribution in [2.45, 2.75) is 38.6 Å². The molecule has 0 radical (unpaired) electrons. The molecule has 1 aliphatic carbocycles. The van der Waals surface area contributed by atoms with Gasteiger partial charge in [0.1, 0.15) is 0 Å². The smallest absolute Gasteiger partial charge is 0.258 e. The highest BCUT2D eigenvalue weighted by Gasteiger charge is 2.35. The highest BCUT2D eigenvalue weighted by Crippen LogP contribution is 2.42. The number of carbonyl (C=O) groups is 1. The molecule has 1 amide bonds. The molecule has 2 aliphatic heterocycles. The second-order valence-corrected chi connectivity index (χ2v) is 8.99. The first kappa shape index (κ1) is 17.4. The van der Waals surface area contributed by atoms with E-state index in [-0.39, 0.29) is 42.0 Å². The molecule has 0 spiro atoms. The van der Waals surface area contributed by atoms with E-state index in [0.717, 1.165) is 11.3 Å². The van der Waals surface area contributed by atoms with Crippen molar-refractivity contribution in [2.24, 2.45) is 0 Å². The summed E-state index contributed by atoms with van der Waals surface area (Å²) in [6, 6.07) is 0. The normalized spacial score (nSPS) is 21.0. The van der Waals surface area contributed by atoms with E-state index < -0.39 is 12.8 Å². The number of pyridine rings is 1. The molecule has 3 aromatic rings. The maximum absolute atomic E-state index is 16.0. The quantitative estimate of drug-likeness (QED) is 0.556. The van der Waals surface area contributed by atoms with Crippen LogP contribution >= 0.6 is 11.6 Å². The van der Waals surface area contributed by atoms with E-state index in [1.165, 1.54) is 4.90 Å². The van der Waals surface area contributed by atoms with Gasteiger partial charge in [-0.2, -0.15) is 4.98 Å². The van der Waals surface area contributed by atoms with Gasteiger partial charge in [-0.15, -0.1) is 0 Å². The number of hydrogen-bond donors (Lipinski definition) is 2. The summed E-state index contributed by atoms with van der Waals surface area (Å²) < 4.78 is 45.1. The van der Waals surface area contributed by atoms with Gasteiger partial charge >= 0.3 is 0 Å². The number of amides is 1. The maximum atomic E-state index is 16.0. The molecule has 6 rings (SSSR count). The van der Waals surface area contributed by atoms with Gasteiger partial charge < -0.3 is 19.9 Å². The number of ether oxygens (including phenoxy) is 1. The first-order valence-electron chi connectivity index (χ1n) is 12.3. The van der Waals surface area contributed by atoms with E-state index in [0.29, 0.717) is 59.4 Å². The van der Waals surface area contributed by atoms with Crippen LogP contribution in [-0.2, 0) is 25.8 Å². The van der Waals surface area contributed by atoms with E-state index in [2.05, 4.69) is 25.3 Å². The lowest BCUT2D eigenvalue weighted by Gasteiger charge is -2.25. The third kappa shape index (κ3) is 3.21. The Kier molecular flexibility index (Phi) is 3.96. The fourth-order valence-electron chi connectivity index (χ4n) is 4.92. The third-order valence-electron chi connectivity index (χ3n) is 6.57. The number of likely N-dealkylation sites (N-methyl/N-ethyl adjacent to an activating group) is 1. The fourth-order valence-corrected chi connectivity index (χ4v) is 5.09. The van der Waals surface area contributed by atoms with Gasteiger partial charge in [-0.25, -0.2) is 14.4 Å².